The molecule has 4 heteroatoms. The molecule has 3 nitrogen and oxygen atoms in total. The van der Waals surface area contributed by atoms with Gasteiger partial charge in [-0.1, -0.05) is 34.1 Å². The van der Waals surface area contributed by atoms with Crippen LogP contribution in [0.15, 0.2) is 47.3 Å². The van der Waals surface area contributed by atoms with Crippen molar-refractivity contribution in [2.75, 3.05) is 0 Å². The highest BCUT2D eigenvalue weighted by Crippen LogP contribution is 2.21. The maximum Gasteiger partial charge on any atom is 0.115 e. The summed E-state index contributed by atoms with van der Waals surface area (Å²) in [6, 6.07) is 9.83. The van der Waals surface area contributed by atoms with E-state index in [1.807, 2.05) is 24.3 Å². The van der Waals surface area contributed by atoms with E-state index in [1.165, 1.54) is 11.9 Å². The Morgan fingerprint density at radius 2 is 2.06 bits per heavy atom. The van der Waals surface area contributed by atoms with E-state index in [4.69, 9.17) is 5.73 Å². The van der Waals surface area contributed by atoms with Gasteiger partial charge in [-0.15, -0.1) is 0 Å². The van der Waals surface area contributed by atoms with E-state index >= 15 is 0 Å². The zero-order valence-electron chi connectivity index (χ0n) is 8.68. The predicted octanol–water partition coefficient (Wildman–Crippen LogP) is 2.48. The van der Waals surface area contributed by atoms with Crippen LogP contribution in [0, 0.1) is 0 Å². The first-order valence-corrected chi connectivity index (χ1v) is 5.81. The lowest BCUT2D eigenvalue weighted by molar-refractivity contribution is 0.691. The lowest BCUT2D eigenvalue weighted by atomic mass is 10.0. The van der Waals surface area contributed by atoms with Crippen LogP contribution in [0.3, 0.4) is 0 Å². The molecule has 1 aromatic carbocycles. The molecule has 2 rings (SSSR count). The minimum atomic E-state index is -0.0956. The Bertz CT molecular complexity index is 459. The summed E-state index contributed by atoms with van der Waals surface area (Å²) >= 11 is 3.51. The van der Waals surface area contributed by atoms with E-state index in [0.29, 0.717) is 0 Å². The minimum Gasteiger partial charge on any atom is -0.322 e. The van der Waals surface area contributed by atoms with Gasteiger partial charge in [-0.05, 0) is 24.1 Å². The van der Waals surface area contributed by atoms with Gasteiger partial charge in [-0.2, -0.15) is 0 Å². The Morgan fingerprint density at radius 3 is 2.75 bits per heavy atom. The van der Waals surface area contributed by atoms with Gasteiger partial charge < -0.3 is 5.73 Å². The van der Waals surface area contributed by atoms with E-state index in [-0.39, 0.29) is 6.04 Å². The highest BCUT2D eigenvalue weighted by Gasteiger charge is 2.09. The van der Waals surface area contributed by atoms with Crippen LogP contribution in [-0.4, -0.2) is 9.97 Å². The molecule has 16 heavy (non-hydrogen) atoms. The highest BCUT2D eigenvalue weighted by atomic mass is 79.9. The Labute approximate surface area is 103 Å². The smallest absolute Gasteiger partial charge is 0.115 e. The lowest BCUT2D eigenvalue weighted by Gasteiger charge is -2.11. The van der Waals surface area contributed by atoms with Gasteiger partial charge in [0.25, 0.3) is 0 Å². The van der Waals surface area contributed by atoms with Gasteiger partial charge in [0.2, 0.25) is 0 Å². The van der Waals surface area contributed by atoms with Crippen LogP contribution >= 0.6 is 15.9 Å². The van der Waals surface area contributed by atoms with Crippen LogP contribution in [0.25, 0.3) is 0 Å². The number of nitrogens with two attached hydrogens (primary N) is 1. The molecule has 0 fully saturated rings. The van der Waals surface area contributed by atoms with Crippen LogP contribution in [0.2, 0.25) is 0 Å². The molecule has 0 bridgehead atoms. The number of rotatable bonds is 3. The van der Waals surface area contributed by atoms with Crippen molar-refractivity contribution in [2.24, 2.45) is 5.73 Å². The van der Waals surface area contributed by atoms with Crippen molar-refractivity contribution in [3.63, 3.8) is 0 Å². The van der Waals surface area contributed by atoms with Gasteiger partial charge in [0.05, 0.1) is 11.7 Å². The molecule has 0 aliphatic carbocycles. The quantitative estimate of drug-likeness (QED) is 0.938. The molecular formula is C12H12BrN3. The summed E-state index contributed by atoms with van der Waals surface area (Å²) in [4.78, 5) is 8.03. The molecule has 0 aliphatic heterocycles. The third kappa shape index (κ3) is 2.65. The number of nitrogens with zero attached hydrogens (tertiary/aromatic N) is 2. The Balaban J connectivity index is 2.14. The van der Waals surface area contributed by atoms with Crippen LogP contribution in [0.5, 0.6) is 0 Å². The second kappa shape index (κ2) is 5.18. The van der Waals surface area contributed by atoms with Gasteiger partial charge in [0, 0.05) is 10.7 Å². The van der Waals surface area contributed by atoms with Crippen molar-refractivity contribution >= 4 is 15.9 Å². The fourth-order valence-corrected chi connectivity index (χ4v) is 1.97. The Morgan fingerprint density at radius 1 is 1.25 bits per heavy atom. The molecule has 0 aliphatic rings. The third-order valence-electron chi connectivity index (χ3n) is 2.38. The molecule has 0 amide bonds. The largest absolute Gasteiger partial charge is 0.322 e. The molecule has 0 spiro atoms. The maximum atomic E-state index is 6.08. The van der Waals surface area contributed by atoms with E-state index in [1.54, 1.807) is 6.20 Å². The van der Waals surface area contributed by atoms with E-state index < -0.39 is 0 Å². The number of hydrogen-bond acceptors (Lipinski definition) is 3. The third-order valence-corrected chi connectivity index (χ3v) is 3.16. The minimum absolute atomic E-state index is 0.0956. The normalized spacial score (nSPS) is 12.4. The number of aromatic nitrogens is 2. The van der Waals surface area contributed by atoms with Crippen LogP contribution in [0.1, 0.15) is 17.3 Å². The fraction of sp³-hybridized carbons (Fsp3) is 0.167. The van der Waals surface area contributed by atoms with Crippen LogP contribution in [-0.2, 0) is 6.42 Å². The molecule has 0 radical (unpaired) electrons. The molecule has 0 saturated carbocycles. The Kier molecular flexibility index (Phi) is 3.64. The van der Waals surface area contributed by atoms with Gasteiger partial charge in [0.15, 0.2) is 0 Å². The first-order valence-electron chi connectivity index (χ1n) is 5.02. The molecule has 1 heterocycles. The molecule has 2 aromatic rings. The molecular weight excluding hydrogens is 266 g/mol. The zero-order valence-corrected chi connectivity index (χ0v) is 10.3. The van der Waals surface area contributed by atoms with Crippen LogP contribution in [0.4, 0.5) is 0 Å². The van der Waals surface area contributed by atoms with Crippen molar-refractivity contribution in [1.29, 1.82) is 0 Å². The van der Waals surface area contributed by atoms with E-state index in [2.05, 4.69) is 32.0 Å². The van der Waals surface area contributed by atoms with Gasteiger partial charge in [-0.25, -0.2) is 9.97 Å². The van der Waals surface area contributed by atoms with Crippen molar-refractivity contribution in [1.82, 2.24) is 9.97 Å². The summed E-state index contributed by atoms with van der Waals surface area (Å²) in [6.45, 7) is 0. The zero-order chi connectivity index (χ0) is 11.4. The Hall–Kier alpha value is -1.26. The molecule has 1 unspecified atom stereocenters. The first-order chi connectivity index (χ1) is 7.77. The summed E-state index contributed by atoms with van der Waals surface area (Å²) < 4.78 is 1.08. The summed E-state index contributed by atoms with van der Waals surface area (Å²) in [5.74, 6) is 0. The van der Waals surface area contributed by atoms with Crippen molar-refractivity contribution in [2.45, 2.75) is 12.5 Å². The first kappa shape index (κ1) is 11.2. The summed E-state index contributed by atoms with van der Waals surface area (Å²) in [6.07, 6.45) is 4.00. The average Bonchev–Trinajstić information content (AvgIpc) is 2.33. The second-order valence-electron chi connectivity index (χ2n) is 3.54. The van der Waals surface area contributed by atoms with E-state index in [9.17, 15) is 0 Å². The molecule has 2 N–H and O–H groups in total. The predicted molar refractivity (Wildman–Crippen MR) is 66.8 cm³/mol. The second-order valence-corrected chi connectivity index (χ2v) is 4.39. The molecule has 82 valence electrons. The standard InChI is InChI=1S/C12H12BrN3/c13-10-4-2-1-3-9(10)7-11(14)12-5-6-15-8-16-12/h1-6,8,11H,7,14H2. The number of hydrogen-bond donors (Lipinski definition) is 1. The summed E-state index contributed by atoms with van der Waals surface area (Å²) in [5, 5.41) is 0. The van der Waals surface area contributed by atoms with Gasteiger partial charge >= 0.3 is 0 Å². The van der Waals surface area contributed by atoms with Crippen molar-refractivity contribution in [3.8, 4) is 0 Å². The van der Waals surface area contributed by atoms with Crippen LogP contribution < -0.4 is 5.73 Å². The SMILES string of the molecule is NC(Cc1ccccc1Br)c1ccncn1. The van der Waals surface area contributed by atoms with E-state index in [0.717, 1.165) is 16.6 Å². The molecule has 1 atom stereocenters. The number of halogens is 1. The maximum absolute atomic E-state index is 6.08. The average molecular weight is 278 g/mol. The lowest BCUT2D eigenvalue weighted by Crippen LogP contribution is -2.15. The van der Waals surface area contributed by atoms with Gasteiger partial charge in [-0.3, -0.25) is 0 Å². The van der Waals surface area contributed by atoms with Gasteiger partial charge in [0.1, 0.15) is 6.33 Å². The highest BCUT2D eigenvalue weighted by molar-refractivity contribution is 9.10. The monoisotopic (exact) mass is 277 g/mol. The number of benzene rings is 1. The van der Waals surface area contributed by atoms with Crippen molar-refractivity contribution < 1.29 is 0 Å². The molecule has 1 aromatic heterocycles. The fourth-order valence-electron chi connectivity index (χ4n) is 1.53. The molecule has 0 saturated heterocycles. The summed E-state index contributed by atoms with van der Waals surface area (Å²) in [5.41, 5.74) is 8.14. The van der Waals surface area contributed by atoms with Crippen molar-refractivity contribution in [3.05, 3.63) is 58.6 Å². The summed E-state index contributed by atoms with van der Waals surface area (Å²) in [7, 11) is 0. The topological polar surface area (TPSA) is 51.8 Å².